The Bertz CT molecular complexity index is 868. The molecule has 0 saturated heterocycles. The van der Waals surface area contributed by atoms with Crippen LogP contribution in [0.1, 0.15) is 23.6 Å². The number of ether oxygens (including phenoxy) is 1. The number of nitrogens with one attached hydrogen (secondary N) is 3. The van der Waals surface area contributed by atoms with Gasteiger partial charge in [-0.25, -0.2) is 4.39 Å². The molecule has 1 heterocycles. The van der Waals surface area contributed by atoms with Crippen molar-refractivity contribution in [3.8, 4) is 5.75 Å². The molecule has 0 aliphatic carbocycles. The zero-order valence-electron chi connectivity index (χ0n) is 17.3. The molecular formula is C23H29FN4O2. The lowest BCUT2D eigenvalue weighted by Crippen LogP contribution is -2.41. The van der Waals surface area contributed by atoms with Gasteiger partial charge >= 0.3 is 0 Å². The van der Waals surface area contributed by atoms with Crippen LogP contribution in [0.15, 0.2) is 47.5 Å². The zero-order chi connectivity index (χ0) is 21.2. The van der Waals surface area contributed by atoms with Gasteiger partial charge in [0.25, 0.3) is 0 Å². The van der Waals surface area contributed by atoms with E-state index < -0.39 is 0 Å². The van der Waals surface area contributed by atoms with Gasteiger partial charge in [-0.1, -0.05) is 24.3 Å². The van der Waals surface area contributed by atoms with E-state index in [1.165, 1.54) is 23.3 Å². The van der Waals surface area contributed by atoms with Crippen molar-refractivity contribution in [2.75, 3.05) is 32.8 Å². The highest BCUT2D eigenvalue weighted by Crippen LogP contribution is 2.25. The number of aliphatic imine (C=N–C) groups is 1. The van der Waals surface area contributed by atoms with Crippen molar-refractivity contribution in [3.63, 3.8) is 0 Å². The fourth-order valence-electron chi connectivity index (χ4n) is 3.27. The number of nitrogens with zero attached hydrogens (tertiary/aromatic N) is 1. The summed E-state index contributed by atoms with van der Waals surface area (Å²) >= 11 is 0. The van der Waals surface area contributed by atoms with Gasteiger partial charge in [-0.15, -0.1) is 0 Å². The summed E-state index contributed by atoms with van der Waals surface area (Å²) in [7, 11) is 0. The molecule has 30 heavy (non-hydrogen) atoms. The molecule has 0 atom stereocenters. The number of hydrogen-bond acceptors (Lipinski definition) is 3. The van der Waals surface area contributed by atoms with Gasteiger partial charge in [-0.05, 0) is 48.2 Å². The number of guanidine groups is 1. The monoisotopic (exact) mass is 412 g/mol. The maximum Gasteiger partial charge on any atom is 0.224 e. The Hall–Kier alpha value is -3.09. The van der Waals surface area contributed by atoms with Crippen molar-refractivity contribution in [1.82, 2.24) is 16.0 Å². The number of halogens is 1. The van der Waals surface area contributed by atoms with Gasteiger partial charge < -0.3 is 20.7 Å². The molecule has 0 aromatic heterocycles. The molecule has 0 bridgehead atoms. The number of amides is 1. The van der Waals surface area contributed by atoms with Crippen LogP contribution in [0.3, 0.4) is 0 Å². The molecule has 1 aliphatic heterocycles. The van der Waals surface area contributed by atoms with Crippen molar-refractivity contribution in [2.45, 2.75) is 26.2 Å². The second-order valence-corrected chi connectivity index (χ2v) is 7.13. The third-order valence-electron chi connectivity index (χ3n) is 4.79. The van der Waals surface area contributed by atoms with E-state index in [9.17, 15) is 9.18 Å². The van der Waals surface area contributed by atoms with Crippen LogP contribution < -0.4 is 20.7 Å². The first-order chi connectivity index (χ1) is 14.6. The minimum atomic E-state index is -0.302. The normalized spacial score (nSPS) is 12.8. The number of hydrogen-bond donors (Lipinski definition) is 3. The summed E-state index contributed by atoms with van der Waals surface area (Å²) in [5.41, 5.74) is 3.32. The minimum absolute atomic E-state index is 0.0917. The number of fused-ring (bicyclic) bond motifs is 1. The number of benzene rings is 2. The third kappa shape index (κ3) is 6.76. The molecular weight excluding hydrogens is 383 g/mol. The average Bonchev–Trinajstić information content (AvgIpc) is 3.21. The Kier molecular flexibility index (Phi) is 8.06. The van der Waals surface area contributed by atoms with E-state index in [4.69, 9.17) is 4.74 Å². The first-order valence-corrected chi connectivity index (χ1v) is 10.4. The summed E-state index contributed by atoms with van der Waals surface area (Å²) in [6.07, 6.45) is 2.07. The average molecular weight is 413 g/mol. The fourth-order valence-corrected chi connectivity index (χ4v) is 3.27. The Morgan fingerprint density at radius 1 is 1.07 bits per heavy atom. The maximum atomic E-state index is 12.9. The Balaban J connectivity index is 1.38. The predicted octanol–water partition coefficient (Wildman–Crippen LogP) is 2.22. The topological polar surface area (TPSA) is 74.8 Å². The summed E-state index contributed by atoms with van der Waals surface area (Å²) < 4.78 is 18.5. The quantitative estimate of drug-likeness (QED) is 0.335. The molecule has 0 fully saturated rings. The lowest BCUT2D eigenvalue weighted by atomic mass is 10.1. The van der Waals surface area contributed by atoms with Crippen LogP contribution in [0.4, 0.5) is 4.39 Å². The van der Waals surface area contributed by atoms with Crippen molar-refractivity contribution in [2.24, 2.45) is 4.99 Å². The molecule has 1 aliphatic rings. The van der Waals surface area contributed by atoms with Gasteiger partial charge in [-0.3, -0.25) is 9.79 Å². The van der Waals surface area contributed by atoms with Crippen LogP contribution in [0.25, 0.3) is 0 Å². The molecule has 0 saturated carbocycles. The van der Waals surface area contributed by atoms with E-state index in [1.54, 1.807) is 12.1 Å². The summed E-state index contributed by atoms with van der Waals surface area (Å²) in [6, 6.07) is 12.3. The SMILES string of the molecule is CCNC(=NCCc1ccc2c(c1)CCO2)NCCNC(=O)Cc1ccc(F)cc1. The minimum Gasteiger partial charge on any atom is -0.493 e. The standard InChI is InChI=1S/C23H29FN4O2/c1-2-25-23(27-11-9-18-5-8-21-19(15-18)10-14-30-21)28-13-12-26-22(29)16-17-3-6-20(24)7-4-17/h3-8,15H,2,9-14,16H2,1H3,(H,26,29)(H2,25,27,28). The lowest BCUT2D eigenvalue weighted by molar-refractivity contribution is -0.120. The third-order valence-corrected chi connectivity index (χ3v) is 4.79. The number of rotatable bonds is 9. The highest BCUT2D eigenvalue weighted by Gasteiger charge is 2.11. The number of carbonyl (C=O) groups is 1. The van der Waals surface area contributed by atoms with Crippen molar-refractivity contribution in [3.05, 3.63) is 65.0 Å². The van der Waals surface area contributed by atoms with E-state index in [1.807, 2.05) is 13.0 Å². The van der Waals surface area contributed by atoms with Crippen LogP contribution >= 0.6 is 0 Å². The van der Waals surface area contributed by atoms with Crippen LogP contribution in [-0.4, -0.2) is 44.7 Å². The molecule has 2 aromatic carbocycles. The summed E-state index contributed by atoms with van der Waals surface area (Å²) in [5, 5.41) is 9.30. The molecule has 0 spiro atoms. The lowest BCUT2D eigenvalue weighted by Gasteiger charge is -2.12. The predicted molar refractivity (Wildman–Crippen MR) is 116 cm³/mol. The first kappa shape index (κ1) is 21.6. The zero-order valence-corrected chi connectivity index (χ0v) is 17.3. The largest absolute Gasteiger partial charge is 0.493 e. The molecule has 1 amide bonds. The molecule has 7 heteroatoms. The highest BCUT2D eigenvalue weighted by molar-refractivity contribution is 5.80. The second-order valence-electron chi connectivity index (χ2n) is 7.13. The Labute approximate surface area is 176 Å². The van der Waals surface area contributed by atoms with Gasteiger partial charge in [0, 0.05) is 32.6 Å². The Morgan fingerprint density at radius 2 is 1.83 bits per heavy atom. The van der Waals surface area contributed by atoms with Crippen LogP contribution in [0, 0.1) is 5.82 Å². The molecule has 160 valence electrons. The number of carbonyl (C=O) groups excluding carboxylic acids is 1. The molecule has 0 unspecified atom stereocenters. The maximum absolute atomic E-state index is 12.9. The first-order valence-electron chi connectivity index (χ1n) is 10.4. The molecule has 2 aromatic rings. The summed E-state index contributed by atoms with van der Waals surface area (Å²) in [4.78, 5) is 16.6. The van der Waals surface area contributed by atoms with Crippen molar-refractivity contribution < 1.29 is 13.9 Å². The van der Waals surface area contributed by atoms with Crippen LogP contribution in [0.2, 0.25) is 0 Å². The van der Waals surface area contributed by atoms with Gasteiger partial charge in [0.2, 0.25) is 5.91 Å². The van der Waals surface area contributed by atoms with Gasteiger partial charge in [0.15, 0.2) is 5.96 Å². The highest BCUT2D eigenvalue weighted by atomic mass is 19.1. The van der Waals surface area contributed by atoms with Gasteiger partial charge in [0.1, 0.15) is 11.6 Å². The van der Waals surface area contributed by atoms with E-state index in [-0.39, 0.29) is 18.1 Å². The van der Waals surface area contributed by atoms with Crippen molar-refractivity contribution in [1.29, 1.82) is 0 Å². The summed E-state index contributed by atoms with van der Waals surface area (Å²) in [6.45, 7) is 5.27. The van der Waals surface area contributed by atoms with Crippen LogP contribution in [0.5, 0.6) is 5.75 Å². The molecule has 3 N–H and O–H groups in total. The summed E-state index contributed by atoms with van der Waals surface area (Å²) in [5.74, 6) is 1.34. The van der Waals surface area contributed by atoms with E-state index in [2.05, 4.69) is 33.1 Å². The molecule has 0 radical (unpaired) electrons. The Morgan fingerprint density at radius 3 is 2.63 bits per heavy atom. The van der Waals surface area contributed by atoms with Crippen LogP contribution in [-0.2, 0) is 24.1 Å². The van der Waals surface area contributed by atoms with E-state index >= 15 is 0 Å². The van der Waals surface area contributed by atoms with Crippen molar-refractivity contribution >= 4 is 11.9 Å². The molecule has 3 rings (SSSR count). The van der Waals surface area contributed by atoms with E-state index in [0.29, 0.717) is 19.6 Å². The van der Waals surface area contributed by atoms with Gasteiger partial charge in [-0.2, -0.15) is 0 Å². The second kappa shape index (κ2) is 11.2. The smallest absolute Gasteiger partial charge is 0.224 e. The molecule has 6 nitrogen and oxygen atoms in total. The fraction of sp³-hybridized carbons (Fsp3) is 0.391. The van der Waals surface area contributed by atoms with Gasteiger partial charge in [0.05, 0.1) is 13.0 Å². The van der Waals surface area contributed by atoms with E-state index in [0.717, 1.165) is 43.3 Å².